The van der Waals surface area contributed by atoms with Gasteiger partial charge in [-0.1, -0.05) is 5.11 Å². The van der Waals surface area contributed by atoms with E-state index in [1.807, 2.05) is 0 Å². The fourth-order valence-corrected chi connectivity index (χ4v) is 2.14. The Balaban J connectivity index is 2.50. The standard InChI is InChI=1S/C14H16N4O5/c1-20-10-7-8-6-9(14(19)22-3)17-11(8)13(21-2)12(10)23-5-4-16-18-15/h6-7,17H,4-5H2,1-3H3. The maximum Gasteiger partial charge on any atom is 0.354 e. The normalized spacial score (nSPS) is 10.0. The summed E-state index contributed by atoms with van der Waals surface area (Å²) in [5.74, 6) is 0.683. The van der Waals surface area contributed by atoms with Crippen molar-refractivity contribution >= 4 is 16.9 Å². The highest BCUT2D eigenvalue weighted by molar-refractivity contribution is 5.98. The number of benzene rings is 1. The van der Waals surface area contributed by atoms with E-state index < -0.39 is 5.97 Å². The number of hydrogen-bond donors (Lipinski definition) is 1. The molecule has 0 unspecified atom stereocenters. The van der Waals surface area contributed by atoms with Gasteiger partial charge >= 0.3 is 5.97 Å². The third-order valence-corrected chi connectivity index (χ3v) is 3.12. The number of H-pyrrole nitrogens is 1. The Bertz CT molecular complexity index is 764. The molecule has 0 bridgehead atoms. The van der Waals surface area contributed by atoms with E-state index in [2.05, 4.69) is 15.0 Å². The van der Waals surface area contributed by atoms with Gasteiger partial charge in [0.2, 0.25) is 5.75 Å². The number of methoxy groups -OCH3 is 3. The molecule has 1 N–H and O–H groups in total. The molecule has 1 heterocycles. The first-order valence-electron chi connectivity index (χ1n) is 6.65. The smallest absolute Gasteiger partial charge is 0.354 e. The molecule has 0 atom stereocenters. The zero-order valence-electron chi connectivity index (χ0n) is 13.0. The van der Waals surface area contributed by atoms with Crippen LogP contribution in [0.15, 0.2) is 17.2 Å². The number of aromatic amines is 1. The van der Waals surface area contributed by atoms with E-state index in [1.165, 1.54) is 21.3 Å². The summed E-state index contributed by atoms with van der Waals surface area (Å²) in [5, 5.41) is 4.11. The van der Waals surface area contributed by atoms with E-state index in [4.69, 9.17) is 24.5 Å². The summed E-state index contributed by atoms with van der Waals surface area (Å²) in [6, 6.07) is 3.35. The predicted octanol–water partition coefficient (Wildman–Crippen LogP) is 2.66. The van der Waals surface area contributed by atoms with Crippen LogP contribution in [0.5, 0.6) is 17.2 Å². The van der Waals surface area contributed by atoms with Gasteiger partial charge in [-0.2, -0.15) is 0 Å². The van der Waals surface area contributed by atoms with Crippen LogP contribution in [-0.2, 0) is 4.74 Å². The number of nitrogens with one attached hydrogen (secondary N) is 1. The first-order valence-corrected chi connectivity index (χ1v) is 6.65. The van der Waals surface area contributed by atoms with Gasteiger partial charge in [-0.3, -0.25) is 0 Å². The number of hydrogen-bond acceptors (Lipinski definition) is 6. The monoisotopic (exact) mass is 320 g/mol. The number of ether oxygens (including phenoxy) is 4. The fourth-order valence-electron chi connectivity index (χ4n) is 2.14. The number of carbonyl (C=O) groups is 1. The lowest BCUT2D eigenvalue weighted by Gasteiger charge is -2.14. The summed E-state index contributed by atoms with van der Waals surface area (Å²) in [5.41, 5.74) is 9.15. The Labute approximate surface area is 131 Å². The number of rotatable bonds is 7. The van der Waals surface area contributed by atoms with Crippen LogP contribution in [-0.4, -0.2) is 45.4 Å². The molecule has 23 heavy (non-hydrogen) atoms. The minimum atomic E-state index is -0.493. The van der Waals surface area contributed by atoms with Crippen LogP contribution in [0.4, 0.5) is 0 Å². The summed E-state index contributed by atoms with van der Waals surface area (Å²) >= 11 is 0. The molecule has 0 aliphatic rings. The van der Waals surface area contributed by atoms with Crippen molar-refractivity contribution in [2.24, 2.45) is 5.11 Å². The first kappa shape index (κ1) is 16.3. The maximum atomic E-state index is 11.7. The lowest BCUT2D eigenvalue weighted by atomic mass is 10.2. The molecule has 9 nitrogen and oxygen atoms in total. The van der Waals surface area contributed by atoms with Crippen molar-refractivity contribution in [1.82, 2.24) is 4.98 Å². The Morgan fingerprint density at radius 2 is 2.04 bits per heavy atom. The molecule has 0 saturated carbocycles. The van der Waals surface area contributed by atoms with Gasteiger partial charge in [0, 0.05) is 10.3 Å². The molecule has 0 fully saturated rings. The van der Waals surface area contributed by atoms with E-state index >= 15 is 0 Å². The van der Waals surface area contributed by atoms with Gasteiger partial charge in [-0.25, -0.2) is 4.79 Å². The first-order chi connectivity index (χ1) is 11.2. The molecule has 9 heteroatoms. The van der Waals surface area contributed by atoms with Crippen molar-refractivity contribution < 1.29 is 23.7 Å². The van der Waals surface area contributed by atoms with Gasteiger partial charge in [-0.05, 0) is 17.7 Å². The molecule has 0 saturated heterocycles. The molecule has 0 aliphatic carbocycles. The second kappa shape index (κ2) is 7.28. The maximum absolute atomic E-state index is 11.7. The number of azide groups is 1. The molecule has 0 spiro atoms. The summed E-state index contributed by atoms with van der Waals surface area (Å²) in [6.45, 7) is 0.325. The van der Waals surface area contributed by atoms with Crippen LogP contribution in [0.2, 0.25) is 0 Å². The van der Waals surface area contributed by atoms with Crippen molar-refractivity contribution in [1.29, 1.82) is 0 Å². The number of aromatic nitrogens is 1. The number of carbonyl (C=O) groups excluding carboxylic acids is 1. The van der Waals surface area contributed by atoms with Crippen molar-refractivity contribution in [2.45, 2.75) is 0 Å². The molecular weight excluding hydrogens is 304 g/mol. The molecule has 1 aromatic carbocycles. The van der Waals surface area contributed by atoms with Crippen molar-refractivity contribution in [2.75, 3.05) is 34.5 Å². The van der Waals surface area contributed by atoms with Gasteiger partial charge < -0.3 is 23.9 Å². The van der Waals surface area contributed by atoms with Crippen molar-refractivity contribution in [3.8, 4) is 17.2 Å². The minimum absolute atomic E-state index is 0.160. The second-order valence-electron chi connectivity index (χ2n) is 4.38. The van der Waals surface area contributed by atoms with Crippen LogP contribution >= 0.6 is 0 Å². The van der Waals surface area contributed by atoms with Gasteiger partial charge in [0.25, 0.3) is 0 Å². The van der Waals surface area contributed by atoms with Crippen molar-refractivity contribution in [3.05, 3.63) is 28.3 Å². The summed E-state index contributed by atoms with van der Waals surface area (Å²) in [6.07, 6.45) is 0. The number of fused-ring (bicyclic) bond motifs is 1. The molecule has 2 aromatic rings. The van der Waals surface area contributed by atoms with Gasteiger partial charge in [-0.15, -0.1) is 0 Å². The number of esters is 1. The van der Waals surface area contributed by atoms with Gasteiger partial charge in [0.05, 0.1) is 40.0 Å². The quantitative estimate of drug-likeness (QED) is 0.276. The van der Waals surface area contributed by atoms with E-state index in [0.29, 0.717) is 28.2 Å². The molecule has 122 valence electrons. The van der Waals surface area contributed by atoms with Crippen LogP contribution in [0.3, 0.4) is 0 Å². The molecule has 2 rings (SSSR count). The third kappa shape index (κ3) is 3.24. The molecule has 1 aromatic heterocycles. The van der Waals surface area contributed by atoms with E-state index in [1.54, 1.807) is 12.1 Å². The molecule has 0 radical (unpaired) electrons. The summed E-state index contributed by atoms with van der Waals surface area (Å²) in [4.78, 5) is 17.3. The Morgan fingerprint density at radius 3 is 2.65 bits per heavy atom. The van der Waals surface area contributed by atoms with Crippen molar-refractivity contribution in [3.63, 3.8) is 0 Å². The van der Waals surface area contributed by atoms with Gasteiger partial charge in [0.1, 0.15) is 5.69 Å². The average Bonchev–Trinajstić information content (AvgIpc) is 3.00. The van der Waals surface area contributed by atoms with E-state index in [-0.39, 0.29) is 18.8 Å². The zero-order valence-corrected chi connectivity index (χ0v) is 13.0. The molecule has 0 aliphatic heterocycles. The van der Waals surface area contributed by atoms with E-state index in [9.17, 15) is 4.79 Å². The summed E-state index contributed by atoms with van der Waals surface area (Å²) < 4.78 is 21.0. The zero-order chi connectivity index (χ0) is 16.8. The average molecular weight is 320 g/mol. The van der Waals surface area contributed by atoms with Gasteiger partial charge in [0.15, 0.2) is 11.5 Å². The Morgan fingerprint density at radius 1 is 1.26 bits per heavy atom. The summed E-state index contributed by atoms with van der Waals surface area (Å²) in [7, 11) is 4.28. The third-order valence-electron chi connectivity index (χ3n) is 3.12. The Kier molecular flexibility index (Phi) is 5.16. The second-order valence-corrected chi connectivity index (χ2v) is 4.38. The van der Waals surface area contributed by atoms with E-state index in [0.717, 1.165) is 0 Å². The highest BCUT2D eigenvalue weighted by Gasteiger charge is 2.20. The lowest BCUT2D eigenvalue weighted by molar-refractivity contribution is 0.0595. The lowest BCUT2D eigenvalue weighted by Crippen LogP contribution is -2.04. The van der Waals surface area contributed by atoms with Crippen LogP contribution in [0, 0.1) is 0 Å². The predicted molar refractivity (Wildman–Crippen MR) is 82.3 cm³/mol. The topological polar surface area (TPSA) is 119 Å². The highest BCUT2D eigenvalue weighted by Crippen LogP contribution is 2.43. The minimum Gasteiger partial charge on any atom is -0.493 e. The fraction of sp³-hybridized carbons (Fsp3) is 0.357. The van der Waals surface area contributed by atoms with Crippen LogP contribution < -0.4 is 14.2 Å². The molecule has 0 amide bonds. The van der Waals surface area contributed by atoms with Crippen LogP contribution in [0.25, 0.3) is 21.3 Å². The Hall–Kier alpha value is -3.06. The largest absolute Gasteiger partial charge is 0.493 e. The number of nitrogens with zero attached hydrogens (tertiary/aromatic N) is 3. The molecular formula is C14H16N4O5. The highest BCUT2D eigenvalue weighted by atomic mass is 16.5. The van der Waals surface area contributed by atoms with Crippen LogP contribution in [0.1, 0.15) is 10.5 Å². The SMILES string of the molecule is COC(=O)c1cc2cc(OC)c(OCCN=[N+]=[N-])c(OC)c2[nH]1.